The van der Waals surface area contributed by atoms with E-state index in [-0.39, 0.29) is 45.0 Å². The fourth-order valence-electron chi connectivity index (χ4n) is 3.80. The summed E-state index contributed by atoms with van der Waals surface area (Å²) in [5.74, 6) is 0.148. The van der Waals surface area contributed by atoms with Crippen LogP contribution in [-0.4, -0.2) is 73.8 Å². The van der Waals surface area contributed by atoms with Crippen molar-refractivity contribution in [3.05, 3.63) is 60.2 Å². The number of rotatable bonds is 7. The van der Waals surface area contributed by atoms with Gasteiger partial charge < -0.3 is 24.0 Å². The van der Waals surface area contributed by atoms with Crippen LogP contribution in [-0.2, 0) is 25.9 Å². The molecule has 39 heavy (non-hydrogen) atoms. The Labute approximate surface area is 225 Å². The van der Waals surface area contributed by atoms with Crippen molar-refractivity contribution in [2.45, 2.75) is 55.8 Å². The van der Waals surface area contributed by atoms with Gasteiger partial charge in [0.2, 0.25) is 0 Å². The SMILES string of the molecule is CC(C)(C)OC(=O)N1CCN(C(=O)OCc2ccccc2)C[C@H]1CCOc1ccc(S(=O)(=O)C(F)(F)F)cc1. The molecule has 0 bridgehead atoms. The molecule has 1 atom stereocenters. The van der Waals surface area contributed by atoms with E-state index in [1.165, 1.54) is 9.80 Å². The minimum atomic E-state index is -5.46. The summed E-state index contributed by atoms with van der Waals surface area (Å²) in [6.45, 7) is 5.93. The third-order valence-electron chi connectivity index (χ3n) is 5.73. The molecule has 2 aromatic carbocycles. The number of amides is 2. The Morgan fingerprint density at radius 1 is 0.949 bits per heavy atom. The van der Waals surface area contributed by atoms with Gasteiger partial charge in [-0.15, -0.1) is 0 Å². The number of carbonyl (C=O) groups is 2. The first kappa shape index (κ1) is 30.1. The number of ether oxygens (including phenoxy) is 3. The predicted molar refractivity (Wildman–Crippen MR) is 135 cm³/mol. The summed E-state index contributed by atoms with van der Waals surface area (Å²) in [7, 11) is -5.46. The van der Waals surface area contributed by atoms with E-state index >= 15 is 0 Å². The number of nitrogens with zero attached hydrogens (tertiary/aromatic N) is 2. The normalized spacial score (nSPS) is 16.5. The molecule has 0 unspecified atom stereocenters. The summed E-state index contributed by atoms with van der Waals surface area (Å²) >= 11 is 0. The smallest absolute Gasteiger partial charge is 0.494 e. The molecule has 9 nitrogen and oxygen atoms in total. The Kier molecular flexibility index (Phi) is 9.36. The van der Waals surface area contributed by atoms with Crippen molar-refractivity contribution < 1.29 is 45.4 Å². The van der Waals surface area contributed by atoms with Crippen LogP contribution in [0.5, 0.6) is 5.75 Å². The van der Waals surface area contributed by atoms with Crippen LogP contribution in [0.4, 0.5) is 22.8 Å². The zero-order chi connectivity index (χ0) is 28.8. The molecule has 0 aromatic heterocycles. The molecule has 0 radical (unpaired) electrons. The maximum Gasteiger partial charge on any atom is 0.501 e. The Bertz CT molecular complexity index is 1230. The molecule has 1 saturated heterocycles. The lowest BCUT2D eigenvalue weighted by Crippen LogP contribution is -2.57. The fraction of sp³-hybridized carbons (Fsp3) is 0.462. The Hall–Kier alpha value is -3.48. The molecule has 1 aliphatic rings. The van der Waals surface area contributed by atoms with Gasteiger partial charge in [0.1, 0.15) is 18.0 Å². The van der Waals surface area contributed by atoms with Crippen LogP contribution >= 0.6 is 0 Å². The number of alkyl halides is 3. The first-order valence-corrected chi connectivity index (χ1v) is 13.6. The summed E-state index contributed by atoms with van der Waals surface area (Å²) in [5, 5.41) is 0. The maximum atomic E-state index is 12.8. The van der Waals surface area contributed by atoms with Gasteiger partial charge in [-0.3, -0.25) is 0 Å². The van der Waals surface area contributed by atoms with Crippen molar-refractivity contribution in [1.82, 2.24) is 9.80 Å². The van der Waals surface area contributed by atoms with Crippen molar-refractivity contribution in [1.29, 1.82) is 0 Å². The fourth-order valence-corrected chi connectivity index (χ4v) is 4.56. The molecule has 0 aliphatic carbocycles. The number of sulfone groups is 1. The van der Waals surface area contributed by atoms with E-state index in [1.54, 1.807) is 20.8 Å². The molecule has 0 spiro atoms. The van der Waals surface area contributed by atoms with Gasteiger partial charge in [0.15, 0.2) is 0 Å². The summed E-state index contributed by atoms with van der Waals surface area (Å²) in [4.78, 5) is 27.7. The van der Waals surface area contributed by atoms with E-state index in [1.807, 2.05) is 30.3 Å². The Morgan fingerprint density at radius 3 is 2.18 bits per heavy atom. The number of carbonyl (C=O) groups excluding carboxylic acids is 2. The van der Waals surface area contributed by atoms with E-state index in [2.05, 4.69) is 0 Å². The lowest BCUT2D eigenvalue weighted by Gasteiger charge is -2.41. The van der Waals surface area contributed by atoms with E-state index < -0.39 is 44.1 Å². The lowest BCUT2D eigenvalue weighted by atomic mass is 10.1. The molecule has 1 heterocycles. The van der Waals surface area contributed by atoms with E-state index in [0.29, 0.717) is 0 Å². The minimum absolute atomic E-state index is 0.0300. The Morgan fingerprint density at radius 2 is 1.59 bits per heavy atom. The molecule has 1 aliphatic heterocycles. The van der Waals surface area contributed by atoms with Crippen LogP contribution in [0.2, 0.25) is 0 Å². The first-order valence-electron chi connectivity index (χ1n) is 12.2. The highest BCUT2D eigenvalue weighted by atomic mass is 32.2. The molecule has 3 rings (SSSR count). The topological polar surface area (TPSA) is 102 Å². The highest BCUT2D eigenvalue weighted by Gasteiger charge is 2.46. The average molecular weight is 573 g/mol. The molecule has 1 fully saturated rings. The molecule has 13 heteroatoms. The largest absolute Gasteiger partial charge is 0.501 e. The first-order chi connectivity index (χ1) is 18.2. The maximum absolute atomic E-state index is 12.8. The second-order valence-corrected chi connectivity index (χ2v) is 11.8. The van der Waals surface area contributed by atoms with Crippen LogP contribution in [0.1, 0.15) is 32.8 Å². The highest BCUT2D eigenvalue weighted by molar-refractivity contribution is 7.92. The van der Waals surface area contributed by atoms with Gasteiger partial charge in [-0.2, -0.15) is 13.2 Å². The zero-order valence-electron chi connectivity index (χ0n) is 21.8. The van der Waals surface area contributed by atoms with Crippen LogP contribution in [0, 0.1) is 0 Å². The number of benzene rings is 2. The van der Waals surface area contributed by atoms with Crippen molar-refractivity contribution in [2.75, 3.05) is 26.2 Å². The standard InChI is InChI=1S/C26H31F3N2O7S/c1-25(2,3)38-24(33)31-15-14-30(23(32)37-18-19-7-5-4-6-8-19)17-20(31)13-16-36-21-9-11-22(12-10-21)39(34,35)26(27,28)29/h4-12,20H,13-18H2,1-3H3/t20-/m1/s1. The predicted octanol–water partition coefficient (Wildman–Crippen LogP) is 5.01. The van der Waals surface area contributed by atoms with Crippen LogP contribution in [0.15, 0.2) is 59.5 Å². The highest BCUT2D eigenvalue weighted by Crippen LogP contribution is 2.31. The number of halogens is 3. The third-order valence-corrected chi connectivity index (χ3v) is 7.23. The van der Waals surface area contributed by atoms with Gasteiger partial charge in [0.05, 0.1) is 17.5 Å². The summed E-state index contributed by atoms with van der Waals surface area (Å²) < 4.78 is 77.9. The van der Waals surface area contributed by atoms with Crippen molar-refractivity contribution in [3.63, 3.8) is 0 Å². The molecule has 0 saturated carbocycles. The van der Waals surface area contributed by atoms with E-state index in [0.717, 1.165) is 29.8 Å². The van der Waals surface area contributed by atoms with Crippen molar-refractivity contribution in [3.8, 4) is 5.75 Å². The lowest BCUT2D eigenvalue weighted by molar-refractivity contribution is -0.0436. The monoisotopic (exact) mass is 572 g/mol. The van der Waals surface area contributed by atoms with E-state index in [9.17, 15) is 31.2 Å². The van der Waals surface area contributed by atoms with Gasteiger partial charge in [0, 0.05) is 26.1 Å². The van der Waals surface area contributed by atoms with Gasteiger partial charge >= 0.3 is 17.7 Å². The summed E-state index contributed by atoms with van der Waals surface area (Å²) in [6.07, 6.45) is -0.828. The minimum Gasteiger partial charge on any atom is -0.494 e. The average Bonchev–Trinajstić information content (AvgIpc) is 2.86. The molecule has 2 amide bonds. The molecule has 0 N–H and O–H groups in total. The third kappa shape index (κ3) is 8.25. The summed E-state index contributed by atoms with van der Waals surface area (Å²) in [5.41, 5.74) is -5.31. The van der Waals surface area contributed by atoms with Crippen LogP contribution in [0.3, 0.4) is 0 Å². The molecule has 214 valence electrons. The quantitative estimate of drug-likeness (QED) is 0.460. The zero-order valence-corrected chi connectivity index (χ0v) is 22.6. The van der Waals surface area contributed by atoms with E-state index in [4.69, 9.17) is 14.2 Å². The van der Waals surface area contributed by atoms with Gasteiger partial charge in [-0.1, -0.05) is 30.3 Å². The molecular formula is C26H31F3N2O7S. The van der Waals surface area contributed by atoms with Crippen LogP contribution < -0.4 is 4.74 Å². The molecular weight excluding hydrogens is 541 g/mol. The summed E-state index contributed by atoms with van der Waals surface area (Å²) in [6, 6.07) is 12.6. The number of hydrogen-bond donors (Lipinski definition) is 0. The van der Waals surface area contributed by atoms with Gasteiger partial charge in [0.25, 0.3) is 9.84 Å². The van der Waals surface area contributed by atoms with Crippen molar-refractivity contribution in [2.24, 2.45) is 0 Å². The Balaban J connectivity index is 1.64. The van der Waals surface area contributed by atoms with Gasteiger partial charge in [-0.25, -0.2) is 18.0 Å². The second kappa shape index (κ2) is 12.1. The molecule has 2 aromatic rings. The van der Waals surface area contributed by atoms with Crippen molar-refractivity contribution >= 4 is 22.0 Å². The second-order valence-electron chi connectivity index (χ2n) is 9.87. The van der Waals surface area contributed by atoms with Gasteiger partial charge in [-0.05, 0) is 50.6 Å². The van der Waals surface area contributed by atoms with Crippen LogP contribution in [0.25, 0.3) is 0 Å². The number of hydrogen-bond acceptors (Lipinski definition) is 7. The number of piperazine rings is 1.